The molecule has 8 heteroatoms. The lowest BCUT2D eigenvalue weighted by molar-refractivity contribution is 0.0955. The molecule has 0 saturated heterocycles. The van der Waals surface area contributed by atoms with Crippen molar-refractivity contribution in [3.63, 3.8) is 0 Å². The molecule has 0 spiro atoms. The Balaban J connectivity index is 1.77. The molecule has 0 fully saturated rings. The molecule has 3 rings (SSSR count). The molecule has 5 nitrogen and oxygen atoms in total. The first-order valence-electron chi connectivity index (χ1n) is 7.74. The number of rotatable bonds is 5. The van der Waals surface area contributed by atoms with E-state index in [2.05, 4.69) is 5.32 Å². The quantitative estimate of drug-likeness (QED) is 0.696. The maximum absolute atomic E-state index is 12.4. The van der Waals surface area contributed by atoms with Gasteiger partial charge in [-0.15, -0.1) is 11.3 Å². The van der Waals surface area contributed by atoms with Crippen molar-refractivity contribution in [3.8, 4) is 0 Å². The summed E-state index contributed by atoms with van der Waals surface area (Å²) in [5.74, 6) is -0.167. The first kappa shape index (κ1) is 18.7. The van der Waals surface area contributed by atoms with Crippen LogP contribution in [0, 0.1) is 0 Å². The van der Waals surface area contributed by atoms with Gasteiger partial charge in [-0.3, -0.25) is 9.10 Å². The average molecular weight is 409 g/mol. The highest BCUT2D eigenvalue weighted by atomic mass is 35.5. The number of amides is 1. The van der Waals surface area contributed by atoms with Gasteiger partial charge >= 0.3 is 0 Å². The highest BCUT2D eigenvalue weighted by Crippen LogP contribution is 2.30. The van der Waals surface area contributed by atoms with Crippen molar-refractivity contribution in [2.24, 2.45) is 0 Å². The number of sulfonamides is 1. The molecular weight excluding hydrogens is 392 g/mol. The molecule has 26 heavy (non-hydrogen) atoms. The maximum atomic E-state index is 12.4. The Kier molecular flexibility index (Phi) is 5.22. The molecule has 0 aliphatic rings. The van der Waals surface area contributed by atoms with E-state index in [0.717, 1.165) is 21.9 Å². The van der Waals surface area contributed by atoms with Gasteiger partial charge in [0.15, 0.2) is 0 Å². The number of hydrogen-bond acceptors (Lipinski definition) is 4. The minimum absolute atomic E-state index is 0.167. The summed E-state index contributed by atoms with van der Waals surface area (Å²) in [7, 11) is -1.83. The molecule has 3 aromatic rings. The fourth-order valence-corrected chi connectivity index (χ4v) is 3.98. The van der Waals surface area contributed by atoms with E-state index in [-0.39, 0.29) is 5.91 Å². The monoisotopic (exact) mass is 408 g/mol. The first-order chi connectivity index (χ1) is 12.2. The normalized spacial score (nSPS) is 11.5. The number of fused-ring (bicyclic) bond motifs is 1. The van der Waals surface area contributed by atoms with Gasteiger partial charge in [0, 0.05) is 23.3 Å². The fraction of sp³-hybridized carbons (Fsp3) is 0.167. The standard InChI is InChI=1S/C18H17ClN2O3S2/c1-21(26(2,23)24)15-7-8-16-13(9-15)10-17(25-16)18(22)20-11-12-3-5-14(19)6-4-12/h3-10H,11H2,1-2H3,(H,20,22). The molecule has 1 amide bonds. The number of carbonyl (C=O) groups excluding carboxylic acids is 1. The first-order valence-corrected chi connectivity index (χ1v) is 10.8. The summed E-state index contributed by atoms with van der Waals surface area (Å²) >= 11 is 7.22. The lowest BCUT2D eigenvalue weighted by atomic mass is 10.2. The van der Waals surface area contributed by atoms with E-state index in [1.54, 1.807) is 30.3 Å². The summed E-state index contributed by atoms with van der Waals surface area (Å²) in [4.78, 5) is 13.0. The number of nitrogens with zero attached hydrogens (tertiary/aromatic N) is 1. The number of carbonyl (C=O) groups is 1. The lowest BCUT2D eigenvalue weighted by Crippen LogP contribution is -2.24. The van der Waals surface area contributed by atoms with Gasteiger partial charge in [0.25, 0.3) is 5.91 Å². The van der Waals surface area contributed by atoms with Gasteiger partial charge in [-0.25, -0.2) is 8.42 Å². The molecule has 1 heterocycles. The zero-order valence-corrected chi connectivity index (χ0v) is 16.6. The lowest BCUT2D eigenvalue weighted by Gasteiger charge is -2.16. The Morgan fingerprint density at radius 3 is 2.50 bits per heavy atom. The van der Waals surface area contributed by atoms with E-state index >= 15 is 0 Å². The SMILES string of the molecule is CN(c1ccc2sc(C(=O)NCc3ccc(Cl)cc3)cc2c1)S(C)(=O)=O. The number of nitrogens with one attached hydrogen (secondary N) is 1. The third-order valence-electron chi connectivity index (χ3n) is 3.95. The molecule has 2 aromatic carbocycles. The number of halogens is 1. The van der Waals surface area contributed by atoms with Gasteiger partial charge < -0.3 is 5.32 Å². The van der Waals surface area contributed by atoms with Crippen molar-refractivity contribution in [2.75, 3.05) is 17.6 Å². The van der Waals surface area contributed by atoms with Crippen LogP contribution in [0.4, 0.5) is 5.69 Å². The number of hydrogen-bond donors (Lipinski definition) is 1. The van der Waals surface area contributed by atoms with Crippen LogP contribution in [0.1, 0.15) is 15.2 Å². The summed E-state index contributed by atoms with van der Waals surface area (Å²) in [6.45, 7) is 0.409. The van der Waals surface area contributed by atoms with Gasteiger partial charge in [0.05, 0.1) is 16.8 Å². The zero-order valence-electron chi connectivity index (χ0n) is 14.2. The highest BCUT2D eigenvalue weighted by Gasteiger charge is 2.15. The Hall–Kier alpha value is -2.09. The largest absolute Gasteiger partial charge is 0.347 e. The van der Waals surface area contributed by atoms with Crippen molar-refractivity contribution < 1.29 is 13.2 Å². The third-order valence-corrected chi connectivity index (χ3v) is 6.52. The molecule has 1 N–H and O–H groups in total. The van der Waals surface area contributed by atoms with Gasteiger partial charge in [0.1, 0.15) is 0 Å². The molecular formula is C18H17ClN2O3S2. The van der Waals surface area contributed by atoms with Crippen LogP contribution in [0.15, 0.2) is 48.5 Å². The molecule has 0 aliphatic carbocycles. The minimum Gasteiger partial charge on any atom is -0.347 e. The van der Waals surface area contributed by atoms with Crippen molar-refractivity contribution in [1.82, 2.24) is 5.32 Å². The molecule has 0 atom stereocenters. The minimum atomic E-state index is -3.33. The molecule has 136 valence electrons. The Labute approximate surface area is 161 Å². The van der Waals surface area contributed by atoms with E-state index in [1.807, 2.05) is 18.2 Å². The van der Waals surface area contributed by atoms with Crippen LogP contribution < -0.4 is 9.62 Å². The van der Waals surface area contributed by atoms with E-state index in [9.17, 15) is 13.2 Å². The third kappa shape index (κ3) is 4.17. The maximum Gasteiger partial charge on any atom is 0.261 e. The molecule has 1 aromatic heterocycles. The van der Waals surface area contributed by atoms with Crippen molar-refractivity contribution in [3.05, 3.63) is 64.0 Å². The summed E-state index contributed by atoms with van der Waals surface area (Å²) in [6.07, 6.45) is 1.15. The Morgan fingerprint density at radius 1 is 1.15 bits per heavy atom. The summed E-state index contributed by atoms with van der Waals surface area (Å²) in [5, 5.41) is 4.36. The topological polar surface area (TPSA) is 66.5 Å². The van der Waals surface area contributed by atoms with Gasteiger partial charge in [-0.1, -0.05) is 23.7 Å². The van der Waals surface area contributed by atoms with Crippen LogP contribution in [-0.2, 0) is 16.6 Å². The average Bonchev–Trinajstić information content (AvgIpc) is 3.02. The van der Waals surface area contributed by atoms with E-state index < -0.39 is 10.0 Å². The van der Waals surface area contributed by atoms with Gasteiger partial charge in [-0.05, 0) is 47.3 Å². The number of thiophene rings is 1. The second kappa shape index (κ2) is 7.26. The predicted octanol–water partition coefficient (Wildman–Crippen LogP) is 3.88. The second-order valence-electron chi connectivity index (χ2n) is 5.87. The fourth-order valence-electron chi connectivity index (χ4n) is 2.40. The van der Waals surface area contributed by atoms with Gasteiger partial charge in [-0.2, -0.15) is 0 Å². The van der Waals surface area contributed by atoms with Crippen LogP contribution >= 0.6 is 22.9 Å². The molecule has 0 unspecified atom stereocenters. The molecule has 0 aliphatic heterocycles. The zero-order chi connectivity index (χ0) is 18.9. The van der Waals surface area contributed by atoms with Crippen molar-refractivity contribution in [1.29, 1.82) is 0 Å². The van der Waals surface area contributed by atoms with E-state index in [1.165, 1.54) is 22.7 Å². The predicted molar refractivity (Wildman–Crippen MR) is 108 cm³/mol. The number of benzene rings is 2. The van der Waals surface area contributed by atoms with Crippen LogP contribution in [0.2, 0.25) is 5.02 Å². The van der Waals surface area contributed by atoms with Crippen molar-refractivity contribution >= 4 is 54.6 Å². The van der Waals surface area contributed by atoms with Crippen molar-refractivity contribution in [2.45, 2.75) is 6.54 Å². The summed E-state index contributed by atoms with van der Waals surface area (Å²) < 4.78 is 25.5. The summed E-state index contributed by atoms with van der Waals surface area (Å²) in [6, 6.07) is 14.4. The molecule has 0 radical (unpaired) electrons. The van der Waals surface area contributed by atoms with Crippen LogP contribution in [-0.4, -0.2) is 27.6 Å². The molecule has 0 saturated carbocycles. The Morgan fingerprint density at radius 2 is 1.85 bits per heavy atom. The second-order valence-corrected chi connectivity index (χ2v) is 9.41. The van der Waals surface area contributed by atoms with Crippen LogP contribution in [0.5, 0.6) is 0 Å². The Bertz CT molecular complexity index is 1060. The summed E-state index contributed by atoms with van der Waals surface area (Å²) in [5.41, 5.74) is 1.52. The van der Waals surface area contributed by atoms with Crippen LogP contribution in [0.3, 0.4) is 0 Å². The molecule has 0 bridgehead atoms. The number of anilines is 1. The highest BCUT2D eigenvalue weighted by molar-refractivity contribution is 7.92. The van der Waals surface area contributed by atoms with Gasteiger partial charge in [0.2, 0.25) is 10.0 Å². The van der Waals surface area contributed by atoms with E-state index in [0.29, 0.717) is 22.1 Å². The van der Waals surface area contributed by atoms with Crippen LogP contribution in [0.25, 0.3) is 10.1 Å². The van der Waals surface area contributed by atoms with E-state index in [4.69, 9.17) is 11.6 Å². The smallest absolute Gasteiger partial charge is 0.261 e.